The molecule has 6 heteroatoms. The summed E-state index contributed by atoms with van der Waals surface area (Å²) in [6.45, 7) is 6.24. The van der Waals surface area contributed by atoms with E-state index in [9.17, 15) is 4.79 Å². The Labute approximate surface area is 185 Å². The van der Waals surface area contributed by atoms with E-state index < -0.39 is 5.60 Å². The van der Waals surface area contributed by atoms with Gasteiger partial charge in [-0.25, -0.2) is 4.79 Å². The second-order valence-electron chi connectivity index (χ2n) is 8.43. The fraction of sp³-hybridized carbons (Fsp3) is 0.480. The minimum Gasteiger partial charge on any atom is -0.493 e. The predicted octanol–water partition coefficient (Wildman–Crippen LogP) is 4.61. The first kappa shape index (κ1) is 24.5. The molecule has 0 fully saturated rings. The molecule has 2 aromatic rings. The molecular weight excluding hydrogens is 394 g/mol. The molecule has 3 rings (SSSR count). The highest BCUT2D eigenvalue weighted by Crippen LogP contribution is 2.38. The van der Waals surface area contributed by atoms with Gasteiger partial charge in [-0.05, 0) is 57.2 Å². The number of aliphatic hydroxyl groups excluding tert-OH is 1. The van der Waals surface area contributed by atoms with Crippen LogP contribution >= 0.6 is 0 Å². The van der Waals surface area contributed by atoms with Crippen LogP contribution < -0.4 is 9.47 Å². The highest BCUT2D eigenvalue weighted by Gasteiger charge is 2.32. The molecule has 0 spiro atoms. The van der Waals surface area contributed by atoms with Crippen molar-refractivity contribution in [3.05, 3.63) is 59.2 Å². The van der Waals surface area contributed by atoms with E-state index in [4.69, 9.17) is 19.3 Å². The average Bonchev–Trinajstić information content (AvgIpc) is 2.77. The Bertz CT molecular complexity index is 845. The van der Waals surface area contributed by atoms with Gasteiger partial charge in [-0.3, -0.25) is 0 Å². The number of hydrogen-bond acceptors (Lipinski definition) is 5. The number of methoxy groups -OCH3 is 2. The molecule has 1 aliphatic rings. The van der Waals surface area contributed by atoms with Gasteiger partial charge in [0.25, 0.3) is 0 Å². The largest absolute Gasteiger partial charge is 0.493 e. The average molecular weight is 430 g/mol. The summed E-state index contributed by atoms with van der Waals surface area (Å²) in [5.74, 6) is 1.55. The van der Waals surface area contributed by atoms with Gasteiger partial charge < -0.3 is 24.2 Å². The number of carbonyl (C=O) groups excluding carboxylic acids is 1. The van der Waals surface area contributed by atoms with Crippen molar-refractivity contribution in [2.45, 2.75) is 58.2 Å². The number of carbonyl (C=O) groups is 1. The van der Waals surface area contributed by atoms with Gasteiger partial charge in [0.15, 0.2) is 11.5 Å². The van der Waals surface area contributed by atoms with Crippen molar-refractivity contribution < 1.29 is 24.1 Å². The van der Waals surface area contributed by atoms with Crippen molar-refractivity contribution in [1.29, 1.82) is 0 Å². The number of amides is 1. The molecule has 31 heavy (non-hydrogen) atoms. The summed E-state index contributed by atoms with van der Waals surface area (Å²) in [7, 11) is 4.33. The molecule has 0 bridgehead atoms. The normalized spacial score (nSPS) is 15.1. The lowest BCUT2D eigenvalue weighted by Gasteiger charge is -2.36. The van der Waals surface area contributed by atoms with Crippen LogP contribution in [0.25, 0.3) is 0 Å². The number of hydrogen-bond donors (Lipinski definition) is 1. The van der Waals surface area contributed by atoms with Crippen molar-refractivity contribution in [2.24, 2.45) is 0 Å². The molecule has 0 aromatic heterocycles. The maximum absolute atomic E-state index is 13.1. The molecule has 1 amide bonds. The van der Waals surface area contributed by atoms with E-state index in [0.717, 1.165) is 43.4 Å². The number of rotatable bonds is 5. The predicted molar refractivity (Wildman–Crippen MR) is 122 cm³/mol. The molecule has 0 saturated heterocycles. The molecule has 2 aromatic carbocycles. The SMILES string of the molecule is CO.COc1ccc2c(c1OC)CC[C@H](N(Cc1ccccc1)C(=O)OC(C)(C)C)C2. The Morgan fingerprint density at radius 2 is 1.74 bits per heavy atom. The Hall–Kier alpha value is -2.73. The van der Waals surface area contributed by atoms with Crippen LogP contribution in [0.15, 0.2) is 42.5 Å². The van der Waals surface area contributed by atoms with Crippen LogP contribution in [0.4, 0.5) is 4.79 Å². The van der Waals surface area contributed by atoms with Crippen LogP contribution in [0.5, 0.6) is 11.5 Å². The van der Waals surface area contributed by atoms with E-state index >= 15 is 0 Å². The highest BCUT2D eigenvalue weighted by atomic mass is 16.6. The smallest absolute Gasteiger partial charge is 0.410 e. The van der Waals surface area contributed by atoms with Crippen LogP contribution in [0.3, 0.4) is 0 Å². The third-order valence-corrected chi connectivity index (χ3v) is 5.19. The summed E-state index contributed by atoms with van der Waals surface area (Å²) in [6.07, 6.45) is 2.18. The number of aliphatic hydroxyl groups is 1. The van der Waals surface area contributed by atoms with E-state index in [1.807, 2.05) is 62.1 Å². The topological polar surface area (TPSA) is 68.2 Å². The molecule has 1 atom stereocenters. The van der Waals surface area contributed by atoms with Crippen molar-refractivity contribution in [3.63, 3.8) is 0 Å². The molecule has 170 valence electrons. The zero-order chi connectivity index (χ0) is 23.0. The van der Waals surface area contributed by atoms with E-state index in [-0.39, 0.29) is 12.1 Å². The lowest BCUT2D eigenvalue weighted by molar-refractivity contribution is 0.0124. The van der Waals surface area contributed by atoms with E-state index in [2.05, 4.69) is 6.07 Å². The first-order chi connectivity index (χ1) is 14.8. The summed E-state index contributed by atoms with van der Waals surface area (Å²) in [4.78, 5) is 14.9. The van der Waals surface area contributed by atoms with Gasteiger partial charge in [-0.1, -0.05) is 36.4 Å². The number of nitrogens with zero attached hydrogens (tertiary/aromatic N) is 1. The highest BCUT2D eigenvalue weighted by molar-refractivity contribution is 5.69. The number of benzene rings is 2. The molecule has 1 aliphatic carbocycles. The Balaban J connectivity index is 0.00000166. The molecule has 6 nitrogen and oxygen atoms in total. The third-order valence-electron chi connectivity index (χ3n) is 5.19. The minimum absolute atomic E-state index is 0.0654. The van der Waals surface area contributed by atoms with Gasteiger partial charge in [0, 0.05) is 25.3 Å². The third kappa shape index (κ3) is 6.37. The second-order valence-corrected chi connectivity index (χ2v) is 8.43. The minimum atomic E-state index is -0.533. The van der Waals surface area contributed by atoms with Crippen molar-refractivity contribution in [2.75, 3.05) is 21.3 Å². The Morgan fingerprint density at radius 1 is 1.06 bits per heavy atom. The van der Waals surface area contributed by atoms with Gasteiger partial charge >= 0.3 is 6.09 Å². The summed E-state index contributed by atoms with van der Waals surface area (Å²) in [6, 6.07) is 14.2. The van der Waals surface area contributed by atoms with Crippen LogP contribution in [0.2, 0.25) is 0 Å². The van der Waals surface area contributed by atoms with Gasteiger partial charge in [-0.15, -0.1) is 0 Å². The monoisotopic (exact) mass is 429 g/mol. The van der Waals surface area contributed by atoms with Gasteiger partial charge in [0.1, 0.15) is 5.60 Å². The number of fused-ring (bicyclic) bond motifs is 1. The van der Waals surface area contributed by atoms with E-state index in [1.54, 1.807) is 14.2 Å². The molecular formula is C25H35NO5. The summed E-state index contributed by atoms with van der Waals surface area (Å²) >= 11 is 0. The molecule has 0 heterocycles. The van der Waals surface area contributed by atoms with E-state index in [1.165, 1.54) is 11.1 Å². The summed E-state index contributed by atoms with van der Waals surface area (Å²) in [5, 5.41) is 7.00. The van der Waals surface area contributed by atoms with Crippen molar-refractivity contribution in [1.82, 2.24) is 4.90 Å². The maximum atomic E-state index is 13.1. The molecule has 1 N–H and O–H groups in total. The Kier molecular flexibility index (Phi) is 8.75. The van der Waals surface area contributed by atoms with Crippen LogP contribution in [-0.2, 0) is 24.1 Å². The van der Waals surface area contributed by atoms with Crippen LogP contribution in [-0.4, -0.2) is 49.1 Å². The zero-order valence-electron chi connectivity index (χ0n) is 19.5. The quantitative estimate of drug-likeness (QED) is 0.752. The van der Waals surface area contributed by atoms with Crippen LogP contribution in [0, 0.1) is 0 Å². The number of ether oxygens (including phenoxy) is 3. The van der Waals surface area contributed by atoms with Crippen molar-refractivity contribution >= 4 is 6.09 Å². The molecule has 0 unspecified atom stereocenters. The van der Waals surface area contributed by atoms with Crippen LogP contribution in [0.1, 0.15) is 43.9 Å². The standard InChI is InChI=1S/C24H31NO4.CH4O/c1-24(2,3)29-23(26)25(16-17-9-7-6-8-10-17)19-12-13-20-18(15-19)11-14-21(27-4)22(20)28-5;1-2/h6-11,14,19H,12-13,15-16H2,1-5H3;2H,1H3/t19-;/m0./s1. The van der Waals surface area contributed by atoms with Crippen molar-refractivity contribution in [3.8, 4) is 11.5 Å². The first-order valence-corrected chi connectivity index (χ1v) is 10.5. The van der Waals surface area contributed by atoms with Gasteiger partial charge in [0.05, 0.1) is 14.2 Å². The summed E-state index contributed by atoms with van der Waals surface area (Å²) < 4.78 is 16.8. The van der Waals surface area contributed by atoms with E-state index in [0.29, 0.717) is 6.54 Å². The Morgan fingerprint density at radius 3 is 2.32 bits per heavy atom. The lowest BCUT2D eigenvalue weighted by Crippen LogP contribution is -2.45. The fourth-order valence-corrected chi connectivity index (χ4v) is 3.87. The molecule has 0 saturated carbocycles. The second kappa shape index (κ2) is 11.0. The fourth-order valence-electron chi connectivity index (χ4n) is 3.87. The zero-order valence-corrected chi connectivity index (χ0v) is 19.5. The summed E-state index contributed by atoms with van der Waals surface area (Å²) in [5.41, 5.74) is 2.93. The maximum Gasteiger partial charge on any atom is 0.410 e. The molecule has 0 radical (unpaired) electrons. The first-order valence-electron chi connectivity index (χ1n) is 10.5. The van der Waals surface area contributed by atoms with Gasteiger partial charge in [0.2, 0.25) is 0 Å². The lowest BCUT2D eigenvalue weighted by atomic mass is 9.86. The molecule has 0 aliphatic heterocycles. The van der Waals surface area contributed by atoms with Gasteiger partial charge in [-0.2, -0.15) is 0 Å².